The first-order valence-corrected chi connectivity index (χ1v) is 7.10. The molecule has 1 rings (SSSR count). The number of Topliss-reactive ketones (excluding diaryl/α,β-unsaturated/α-hetero) is 1. The van der Waals surface area contributed by atoms with Gasteiger partial charge in [-0.15, -0.1) is 0 Å². The van der Waals surface area contributed by atoms with Crippen LogP contribution < -0.4 is 0 Å². The molecule has 0 radical (unpaired) electrons. The van der Waals surface area contributed by atoms with E-state index in [1.165, 1.54) is 14.2 Å². The molecular weight excluding hydrogens is 227 g/mol. The lowest BCUT2D eigenvalue weighted by Gasteiger charge is -2.28. The van der Waals surface area contributed by atoms with Gasteiger partial charge in [-0.3, -0.25) is 9.36 Å². The Bertz CT molecular complexity index is 329. The number of hydrogen-bond acceptors (Lipinski definition) is 4. The van der Waals surface area contributed by atoms with E-state index >= 15 is 0 Å². The van der Waals surface area contributed by atoms with E-state index in [1.54, 1.807) is 0 Å². The zero-order valence-electron chi connectivity index (χ0n) is 10.1. The van der Waals surface area contributed by atoms with E-state index in [1.807, 2.05) is 19.1 Å². The van der Waals surface area contributed by atoms with Crippen LogP contribution in [0, 0.1) is 5.41 Å². The van der Waals surface area contributed by atoms with Crippen LogP contribution in [0.1, 0.15) is 26.2 Å². The van der Waals surface area contributed by atoms with E-state index in [0.717, 1.165) is 19.3 Å². The zero-order valence-corrected chi connectivity index (χ0v) is 11.0. The monoisotopic (exact) mass is 246 g/mol. The van der Waals surface area contributed by atoms with E-state index in [4.69, 9.17) is 9.05 Å². The molecule has 1 unspecified atom stereocenters. The average Bonchev–Trinajstić information content (AvgIpc) is 2.30. The van der Waals surface area contributed by atoms with Crippen LogP contribution in [-0.2, 0) is 18.4 Å². The van der Waals surface area contributed by atoms with Gasteiger partial charge < -0.3 is 9.05 Å². The van der Waals surface area contributed by atoms with Gasteiger partial charge in [-0.2, -0.15) is 0 Å². The summed E-state index contributed by atoms with van der Waals surface area (Å²) in [7, 11) is -0.626. The lowest BCUT2D eigenvalue weighted by atomic mass is 9.78. The summed E-state index contributed by atoms with van der Waals surface area (Å²) in [5, 5.41) is 0. The van der Waals surface area contributed by atoms with Crippen molar-refractivity contribution in [2.75, 3.05) is 20.4 Å². The molecule has 0 saturated carbocycles. The first kappa shape index (κ1) is 13.6. The fourth-order valence-corrected chi connectivity index (χ4v) is 2.93. The summed E-state index contributed by atoms with van der Waals surface area (Å²) in [6.45, 7) is 1.88. The Morgan fingerprint density at radius 3 is 2.50 bits per heavy atom. The van der Waals surface area contributed by atoms with Crippen LogP contribution in [0.4, 0.5) is 0 Å². The minimum atomic E-state index is -3.23. The largest absolute Gasteiger partial charge is 0.337 e. The van der Waals surface area contributed by atoms with Crippen molar-refractivity contribution in [3.63, 3.8) is 0 Å². The number of ketones is 1. The normalized spacial score (nSPS) is 25.7. The van der Waals surface area contributed by atoms with Crippen molar-refractivity contribution in [3.8, 4) is 0 Å². The smallest absolute Gasteiger partial charge is 0.312 e. The van der Waals surface area contributed by atoms with Gasteiger partial charge in [0.05, 0.1) is 0 Å². The van der Waals surface area contributed by atoms with E-state index in [-0.39, 0.29) is 11.9 Å². The van der Waals surface area contributed by atoms with E-state index in [2.05, 4.69) is 0 Å². The van der Waals surface area contributed by atoms with Crippen molar-refractivity contribution in [2.24, 2.45) is 5.41 Å². The average molecular weight is 246 g/mol. The van der Waals surface area contributed by atoms with Gasteiger partial charge in [0.15, 0.2) is 5.78 Å². The first-order valence-electron chi connectivity index (χ1n) is 5.37. The highest BCUT2D eigenvalue weighted by molar-refractivity contribution is 7.54. The Morgan fingerprint density at radius 1 is 1.44 bits per heavy atom. The number of carbonyl (C=O) groups is 1. The van der Waals surface area contributed by atoms with Crippen LogP contribution in [0.15, 0.2) is 12.2 Å². The van der Waals surface area contributed by atoms with Crippen molar-refractivity contribution in [2.45, 2.75) is 26.2 Å². The van der Waals surface area contributed by atoms with E-state index < -0.39 is 13.0 Å². The number of allylic oxidation sites excluding steroid dienone is 2. The third kappa shape index (κ3) is 3.03. The van der Waals surface area contributed by atoms with Crippen molar-refractivity contribution >= 4 is 13.4 Å². The number of rotatable bonds is 5. The molecule has 0 aliphatic heterocycles. The summed E-state index contributed by atoms with van der Waals surface area (Å²) in [6.07, 6.45) is 6.56. The van der Waals surface area contributed by atoms with Gasteiger partial charge in [-0.25, -0.2) is 0 Å². The minimum Gasteiger partial charge on any atom is -0.312 e. The molecule has 92 valence electrons. The Balaban J connectivity index is 2.75. The second kappa shape index (κ2) is 5.26. The number of hydrogen-bond donors (Lipinski definition) is 0. The summed E-state index contributed by atoms with van der Waals surface area (Å²) >= 11 is 0. The highest BCUT2D eigenvalue weighted by Gasteiger charge is 2.36. The molecule has 1 atom stereocenters. The lowest BCUT2D eigenvalue weighted by Crippen LogP contribution is -2.30. The molecule has 0 aromatic heterocycles. The molecule has 0 spiro atoms. The van der Waals surface area contributed by atoms with Gasteiger partial charge >= 0.3 is 7.60 Å². The second-order valence-corrected chi connectivity index (χ2v) is 6.54. The fourth-order valence-electron chi connectivity index (χ4n) is 1.81. The molecule has 0 fully saturated rings. The van der Waals surface area contributed by atoms with Crippen molar-refractivity contribution < 1.29 is 18.4 Å². The van der Waals surface area contributed by atoms with Crippen molar-refractivity contribution in [1.82, 2.24) is 0 Å². The highest BCUT2D eigenvalue weighted by Crippen LogP contribution is 2.48. The summed E-state index contributed by atoms with van der Waals surface area (Å²) in [4.78, 5) is 12.1. The van der Waals surface area contributed by atoms with Crippen molar-refractivity contribution in [3.05, 3.63) is 12.2 Å². The van der Waals surface area contributed by atoms with E-state index in [9.17, 15) is 9.36 Å². The predicted molar refractivity (Wildman–Crippen MR) is 62.6 cm³/mol. The number of carbonyl (C=O) groups excluding carboxylic acids is 1. The Hall–Kier alpha value is -0.440. The highest BCUT2D eigenvalue weighted by atomic mass is 31.2. The molecule has 0 aromatic rings. The molecule has 0 saturated heterocycles. The fraction of sp³-hybridized carbons (Fsp3) is 0.727. The topological polar surface area (TPSA) is 52.6 Å². The molecule has 16 heavy (non-hydrogen) atoms. The third-order valence-corrected chi connectivity index (χ3v) is 4.87. The molecule has 0 aromatic carbocycles. The van der Waals surface area contributed by atoms with Crippen LogP contribution in [0.5, 0.6) is 0 Å². The Labute approximate surface area is 96.5 Å². The maximum Gasteiger partial charge on any atom is 0.337 e. The minimum absolute atomic E-state index is 0.0736. The quantitative estimate of drug-likeness (QED) is 0.553. The van der Waals surface area contributed by atoms with Gasteiger partial charge in [-0.1, -0.05) is 12.2 Å². The zero-order chi connectivity index (χ0) is 12.2. The molecule has 0 N–H and O–H groups in total. The molecule has 4 nitrogen and oxygen atoms in total. The van der Waals surface area contributed by atoms with E-state index in [0.29, 0.717) is 0 Å². The van der Waals surface area contributed by atoms with Gasteiger partial charge in [0.1, 0.15) is 6.16 Å². The molecule has 0 amide bonds. The van der Waals surface area contributed by atoms with Gasteiger partial charge in [-0.05, 0) is 26.2 Å². The molecule has 0 heterocycles. The van der Waals surface area contributed by atoms with Crippen molar-refractivity contribution in [1.29, 1.82) is 0 Å². The summed E-state index contributed by atoms with van der Waals surface area (Å²) in [5.41, 5.74) is -0.509. The van der Waals surface area contributed by atoms with Gasteiger partial charge in [0, 0.05) is 19.6 Å². The maximum absolute atomic E-state index is 12.1. The maximum atomic E-state index is 12.1. The lowest BCUT2D eigenvalue weighted by molar-refractivity contribution is -0.123. The third-order valence-electron chi connectivity index (χ3n) is 3.08. The molecule has 0 bridgehead atoms. The Morgan fingerprint density at radius 2 is 2.06 bits per heavy atom. The van der Waals surface area contributed by atoms with Crippen LogP contribution in [0.2, 0.25) is 0 Å². The van der Waals surface area contributed by atoms with Crippen LogP contribution >= 0.6 is 7.60 Å². The SMILES string of the molecule is COP(=O)(CC(=O)C1(C)C=CCCC1)OC. The van der Waals surface area contributed by atoms with Gasteiger partial charge in [0.2, 0.25) is 0 Å². The molecule has 1 aliphatic carbocycles. The molecular formula is C11H19O4P. The summed E-state index contributed by atoms with van der Waals surface area (Å²) < 4.78 is 21.4. The second-order valence-electron chi connectivity index (χ2n) is 4.27. The predicted octanol–water partition coefficient (Wildman–Crippen LogP) is 2.79. The molecule has 1 aliphatic rings. The Kier molecular flexibility index (Phi) is 4.48. The molecule has 5 heteroatoms. The summed E-state index contributed by atoms with van der Waals surface area (Å²) in [6, 6.07) is 0. The van der Waals surface area contributed by atoms with Crippen LogP contribution in [-0.4, -0.2) is 26.2 Å². The first-order chi connectivity index (χ1) is 7.46. The standard InChI is InChI=1S/C11H19O4P/c1-11(7-5-4-6-8-11)10(12)9-16(13,14-2)15-3/h5,7H,4,6,8-9H2,1-3H3. The van der Waals surface area contributed by atoms with Gasteiger partial charge in [0.25, 0.3) is 0 Å². The summed E-state index contributed by atoms with van der Waals surface area (Å²) in [5.74, 6) is -0.0736. The van der Waals surface area contributed by atoms with Crippen LogP contribution in [0.25, 0.3) is 0 Å². The van der Waals surface area contributed by atoms with Crippen LogP contribution in [0.3, 0.4) is 0 Å².